The number of aliphatic carboxylic acids is 1. The molecule has 0 aliphatic carbocycles. The van der Waals surface area contributed by atoms with Gasteiger partial charge in [-0.15, -0.1) is 0 Å². The van der Waals surface area contributed by atoms with Gasteiger partial charge in [0.2, 0.25) is 5.91 Å². The van der Waals surface area contributed by atoms with Crippen LogP contribution in [0, 0.1) is 5.92 Å². The molecule has 0 heterocycles. The minimum absolute atomic E-state index is 0.0237. The van der Waals surface area contributed by atoms with Crippen LogP contribution in [0.5, 0.6) is 0 Å². The molecule has 0 spiro atoms. The van der Waals surface area contributed by atoms with E-state index in [1.165, 1.54) is 6.07 Å². The first-order chi connectivity index (χ1) is 12.3. The van der Waals surface area contributed by atoms with Gasteiger partial charge in [0.1, 0.15) is 0 Å². The molecule has 7 heteroatoms. The van der Waals surface area contributed by atoms with Crippen molar-refractivity contribution in [1.82, 2.24) is 5.32 Å². The number of carboxylic acids is 1. The molecule has 0 aromatic heterocycles. The van der Waals surface area contributed by atoms with Crippen LogP contribution in [0.4, 0.5) is 0 Å². The largest absolute Gasteiger partial charge is 0.481 e. The van der Waals surface area contributed by atoms with Crippen molar-refractivity contribution in [2.75, 3.05) is 12.8 Å². The molecule has 0 saturated carbocycles. The van der Waals surface area contributed by atoms with Crippen molar-refractivity contribution in [2.45, 2.75) is 17.7 Å². The number of benzene rings is 2. The van der Waals surface area contributed by atoms with E-state index in [1.54, 1.807) is 18.2 Å². The third-order valence-corrected chi connectivity index (χ3v) is 5.14. The number of hydrogen-bond acceptors (Lipinski definition) is 4. The van der Waals surface area contributed by atoms with E-state index >= 15 is 0 Å². The zero-order chi connectivity index (χ0) is 19.2. The maximum Gasteiger partial charge on any atom is 0.308 e. The summed E-state index contributed by atoms with van der Waals surface area (Å²) in [6.07, 6.45) is 1.27. The molecule has 26 heavy (non-hydrogen) atoms. The molecule has 1 atom stereocenters. The first kappa shape index (κ1) is 19.7. The van der Waals surface area contributed by atoms with E-state index in [9.17, 15) is 23.1 Å². The van der Waals surface area contributed by atoms with Gasteiger partial charge in [-0.1, -0.05) is 48.5 Å². The number of amides is 1. The molecule has 1 unspecified atom stereocenters. The Balaban J connectivity index is 2.00. The SMILES string of the molecule is CS(=O)(=O)c1ccccc1CC(=O)NCC(Cc1ccccc1)C(=O)O. The molecule has 0 bridgehead atoms. The quantitative estimate of drug-likeness (QED) is 0.731. The third kappa shape index (κ3) is 5.70. The highest BCUT2D eigenvalue weighted by Gasteiger charge is 2.20. The molecule has 138 valence electrons. The molecule has 0 aliphatic rings. The fourth-order valence-electron chi connectivity index (χ4n) is 2.63. The summed E-state index contributed by atoms with van der Waals surface area (Å²) in [7, 11) is -3.44. The Labute approximate surface area is 152 Å². The van der Waals surface area contributed by atoms with Crippen molar-refractivity contribution in [3.8, 4) is 0 Å². The lowest BCUT2D eigenvalue weighted by Gasteiger charge is -2.14. The van der Waals surface area contributed by atoms with Gasteiger partial charge in [-0.3, -0.25) is 9.59 Å². The summed E-state index contributed by atoms with van der Waals surface area (Å²) >= 11 is 0. The van der Waals surface area contributed by atoms with Crippen LogP contribution in [0.3, 0.4) is 0 Å². The van der Waals surface area contributed by atoms with Crippen molar-refractivity contribution >= 4 is 21.7 Å². The monoisotopic (exact) mass is 375 g/mol. The van der Waals surface area contributed by atoms with E-state index < -0.39 is 27.6 Å². The van der Waals surface area contributed by atoms with E-state index in [1.807, 2.05) is 30.3 Å². The molecule has 6 nitrogen and oxygen atoms in total. The maximum absolute atomic E-state index is 12.2. The highest BCUT2D eigenvalue weighted by Crippen LogP contribution is 2.16. The summed E-state index contributed by atoms with van der Waals surface area (Å²) in [6.45, 7) is -0.0237. The smallest absolute Gasteiger partial charge is 0.308 e. The van der Waals surface area contributed by atoms with Crippen LogP contribution in [0.25, 0.3) is 0 Å². The van der Waals surface area contributed by atoms with Gasteiger partial charge >= 0.3 is 5.97 Å². The highest BCUT2D eigenvalue weighted by atomic mass is 32.2. The second-order valence-electron chi connectivity index (χ2n) is 6.09. The van der Waals surface area contributed by atoms with Crippen LogP contribution in [0.15, 0.2) is 59.5 Å². The molecule has 0 radical (unpaired) electrons. The summed E-state index contributed by atoms with van der Waals surface area (Å²) in [5, 5.41) is 12.0. The normalized spacial score (nSPS) is 12.3. The molecule has 0 saturated heterocycles. The van der Waals surface area contributed by atoms with Gasteiger partial charge < -0.3 is 10.4 Å². The molecule has 0 fully saturated rings. The summed E-state index contributed by atoms with van der Waals surface area (Å²) in [5.74, 6) is -2.17. The Hall–Kier alpha value is -2.67. The lowest BCUT2D eigenvalue weighted by atomic mass is 9.99. The summed E-state index contributed by atoms with van der Waals surface area (Å²) in [4.78, 5) is 23.7. The van der Waals surface area contributed by atoms with Crippen LogP contribution in [0.1, 0.15) is 11.1 Å². The van der Waals surface area contributed by atoms with Crippen LogP contribution in [-0.2, 0) is 32.3 Å². The Kier molecular flexibility index (Phi) is 6.52. The molecule has 2 rings (SSSR count). The maximum atomic E-state index is 12.2. The number of sulfone groups is 1. The van der Waals surface area contributed by atoms with Crippen LogP contribution < -0.4 is 5.32 Å². The minimum atomic E-state index is -3.44. The Morgan fingerprint density at radius 3 is 2.27 bits per heavy atom. The van der Waals surface area contributed by atoms with Crippen LogP contribution in [-0.4, -0.2) is 38.2 Å². The van der Waals surface area contributed by atoms with Gasteiger partial charge in [0.05, 0.1) is 17.2 Å². The van der Waals surface area contributed by atoms with Crippen molar-refractivity contribution in [3.63, 3.8) is 0 Å². The number of carbonyl (C=O) groups excluding carboxylic acids is 1. The standard InChI is InChI=1S/C19H21NO5S/c1-26(24,25)17-10-6-5-9-15(17)12-18(21)20-13-16(19(22)23)11-14-7-3-2-4-8-14/h2-10,16H,11-13H2,1H3,(H,20,21)(H,22,23). The van der Waals surface area contributed by atoms with Gasteiger partial charge in [0.25, 0.3) is 0 Å². The molecular weight excluding hydrogens is 354 g/mol. The second-order valence-corrected chi connectivity index (χ2v) is 8.07. The van der Waals surface area contributed by atoms with Gasteiger partial charge in [-0.2, -0.15) is 0 Å². The molecule has 2 aromatic rings. The predicted octanol–water partition coefficient (Wildman–Crippen LogP) is 1.69. The van der Waals surface area contributed by atoms with Gasteiger partial charge in [-0.05, 0) is 23.6 Å². The molecule has 2 N–H and O–H groups in total. The average Bonchev–Trinajstić information content (AvgIpc) is 2.58. The van der Waals surface area contributed by atoms with Crippen LogP contribution >= 0.6 is 0 Å². The minimum Gasteiger partial charge on any atom is -0.481 e. The number of rotatable bonds is 8. The third-order valence-electron chi connectivity index (χ3n) is 3.94. The lowest BCUT2D eigenvalue weighted by molar-refractivity contribution is -0.141. The zero-order valence-electron chi connectivity index (χ0n) is 14.4. The topological polar surface area (TPSA) is 101 Å². The first-order valence-corrected chi connectivity index (χ1v) is 9.98. The van der Waals surface area contributed by atoms with E-state index in [0.717, 1.165) is 11.8 Å². The van der Waals surface area contributed by atoms with Gasteiger partial charge in [0.15, 0.2) is 9.84 Å². The first-order valence-electron chi connectivity index (χ1n) is 8.08. The Bertz CT molecular complexity index is 878. The summed E-state index contributed by atoms with van der Waals surface area (Å²) < 4.78 is 23.6. The number of carboxylic acid groups (broad SMARTS) is 1. The van der Waals surface area contributed by atoms with Crippen LogP contribution in [0.2, 0.25) is 0 Å². The number of hydrogen-bond donors (Lipinski definition) is 2. The van der Waals surface area contributed by atoms with E-state index in [-0.39, 0.29) is 17.9 Å². The van der Waals surface area contributed by atoms with E-state index in [0.29, 0.717) is 12.0 Å². The molecule has 2 aromatic carbocycles. The van der Waals surface area contributed by atoms with E-state index in [4.69, 9.17) is 0 Å². The molecular formula is C19H21NO5S. The molecule has 1 amide bonds. The highest BCUT2D eigenvalue weighted by molar-refractivity contribution is 7.90. The van der Waals surface area contributed by atoms with Crippen molar-refractivity contribution in [2.24, 2.45) is 5.92 Å². The predicted molar refractivity (Wildman–Crippen MR) is 97.5 cm³/mol. The summed E-state index contributed by atoms with van der Waals surface area (Å²) in [5.41, 5.74) is 1.26. The fraction of sp³-hybridized carbons (Fsp3) is 0.263. The van der Waals surface area contributed by atoms with E-state index in [2.05, 4.69) is 5.32 Å². The lowest BCUT2D eigenvalue weighted by Crippen LogP contribution is -2.35. The molecule has 0 aliphatic heterocycles. The van der Waals surface area contributed by atoms with Gasteiger partial charge in [0, 0.05) is 12.8 Å². The summed E-state index contributed by atoms with van der Waals surface area (Å²) in [6, 6.07) is 15.5. The Morgan fingerprint density at radius 2 is 1.65 bits per heavy atom. The number of carbonyl (C=O) groups is 2. The fourth-order valence-corrected chi connectivity index (χ4v) is 3.57. The second kappa shape index (κ2) is 8.62. The van der Waals surface area contributed by atoms with Crippen molar-refractivity contribution in [1.29, 1.82) is 0 Å². The van der Waals surface area contributed by atoms with Crippen molar-refractivity contribution < 1.29 is 23.1 Å². The number of nitrogens with one attached hydrogen (secondary N) is 1. The van der Waals surface area contributed by atoms with Gasteiger partial charge in [-0.25, -0.2) is 8.42 Å². The Morgan fingerprint density at radius 1 is 1.04 bits per heavy atom. The van der Waals surface area contributed by atoms with Crippen molar-refractivity contribution in [3.05, 3.63) is 65.7 Å². The zero-order valence-corrected chi connectivity index (χ0v) is 15.2. The average molecular weight is 375 g/mol.